The average Bonchev–Trinajstić information content (AvgIpc) is 3.44. The van der Waals surface area contributed by atoms with Crippen molar-refractivity contribution in [3.63, 3.8) is 0 Å². The molecule has 192 valence electrons. The molecule has 3 saturated carbocycles. The number of imidazole rings is 1. The molecule has 0 aliphatic heterocycles. The van der Waals surface area contributed by atoms with Crippen molar-refractivity contribution < 1.29 is 9.59 Å². The van der Waals surface area contributed by atoms with E-state index >= 15 is 0 Å². The summed E-state index contributed by atoms with van der Waals surface area (Å²) in [5.41, 5.74) is 4.43. The maximum Gasteiger partial charge on any atom is 0.255 e. The maximum absolute atomic E-state index is 13.2. The van der Waals surface area contributed by atoms with Crippen LogP contribution in [0.25, 0.3) is 22.4 Å². The molecule has 38 heavy (non-hydrogen) atoms. The number of hydrogen-bond acceptors (Lipinski definition) is 3. The molecule has 0 saturated heterocycles. The van der Waals surface area contributed by atoms with Gasteiger partial charge in [-0.3, -0.25) is 9.59 Å². The normalized spacial score (nSPS) is 27.4. The lowest BCUT2D eigenvalue weighted by molar-refractivity contribution is 0.0570. The summed E-state index contributed by atoms with van der Waals surface area (Å²) in [5.74, 6) is 4.03. The molecule has 2 unspecified atom stereocenters. The second-order valence-electron chi connectivity index (χ2n) is 11.9. The third-order valence-corrected chi connectivity index (χ3v) is 9.12. The quantitative estimate of drug-likeness (QED) is 0.293. The van der Waals surface area contributed by atoms with Gasteiger partial charge < -0.3 is 15.6 Å². The van der Waals surface area contributed by atoms with Crippen LogP contribution in [0.3, 0.4) is 0 Å². The molecule has 2 amide bonds. The minimum Gasteiger partial charge on any atom is -0.347 e. The lowest BCUT2D eigenvalue weighted by atomic mass is 9.62. The number of carbonyl (C=O) groups excluding carboxylic acids is 2. The van der Waals surface area contributed by atoms with E-state index in [1.54, 1.807) is 12.1 Å². The van der Waals surface area contributed by atoms with Crippen molar-refractivity contribution in [3.8, 4) is 11.4 Å². The molecule has 3 fully saturated rings. The Hall–Kier alpha value is -3.93. The zero-order valence-corrected chi connectivity index (χ0v) is 21.5. The number of nitrogens with zero attached hydrogens (tertiary/aromatic N) is 1. The van der Waals surface area contributed by atoms with Gasteiger partial charge in [-0.25, -0.2) is 4.98 Å². The maximum atomic E-state index is 13.2. The molecule has 6 nitrogen and oxygen atoms in total. The molecule has 7 rings (SSSR count). The van der Waals surface area contributed by atoms with Gasteiger partial charge in [-0.15, -0.1) is 0 Å². The summed E-state index contributed by atoms with van der Waals surface area (Å²) in [5, 5.41) is 6.35. The molecule has 3 aromatic carbocycles. The number of aromatic nitrogens is 2. The third-order valence-electron chi connectivity index (χ3n) is 9.12. The number of carbonyl (C=O) groups is 2. The van der Waals surface area contributed by atoms with Crippen molar-refractivity contribution in [3.05, 3.63) is 83.9 Å². The van der Waals surface area contributed by atoms with Gasteiger partial charge >= 0.3 is 0 Å². The van der Waals surface area contributed by atoms with Crippen LogP contribution in [0, 0.1) is 23.7 Å². The Kier molecular flexibility index (Phi) is 5.39. The predicted octanol–water partition coefficient (Wildman–Crippen LogP) is 6.43. The lowest BCUT2D eigenvalue weighted by Gasteiger charge is -2.46. The zero-order valence-electron chi connectivity index (χ0n) is 21.5. The number of amides is 2. The van der Waals surface area contributed by atoms with Crippen molar-refractivity contribution >= 4 is 28.5 Å². The number of nitrogens with one attached hydrogen (secondary N) is 3. The van der Waals surface area contributed by atoms with Crippen LogP contribution in [0.1, 0.15) is 59.7 Å². The van der Waals surface area contributed by atoms with Gasteiger partial charge in [-0.2, -0.15) is 0 Å². The largest absolute Gasteiger partial charge is 0.347 e. The number of rotatable bonds is 5. The summed E-state index contributed by atoms with van der Waals surface area (Å²) in [6.07, 6.45) is 6.31. The van der Waals surface area contributed by atoms with E-state index in [2.05, 4.69) is 22.5 Å². The van der Waals surface area contributed by atoms with E-state index in [0.29, 0.717) is 16.8 Å². The van der Waals surface area contributed by atoms with Gasteiger partial charge in [0.1, 0.15) is 5.82 Å². The van der Waals surface area contributed by atoms with Gasteiger partial charge in [0, 0.05) is 27.9 Å². The Labute approximate surface area is 222 Å². The molecule has 5 atom stereocenters. The van der Waals surface area contributed by atoms with Crippen LogP contribution in [-0.2, 0) is 0 Å². The summed E-state index contributed by atoms with van der Waals surface area (Å²) >= 11 is 0. The van der Waals surface area contributed by atoms with Crippen molar-refractivity contribution in [1.29, 1.82) is 0 Å². The SMILES string of the molecule is CC1(NC(=O)c2ccc(-c3nc4ccc(NC(=O)c5ccccc5)cc4[nH]3)cc2)C[C@@H]2CC3[C@H](C2)C[C@H]3C1. The van der Waals surface area contributed by atoms with E-state index in [0.717, 1.165) is 58.9 Å². The van der Waals surface area contributed by atoms with E-state index < -0.39 is 0 Å². The monoisotopic (exact) mass is 504 g/mol. The first-order valence-electron chi connectivity index (χ1n) is 13.7. The van der Waals surface area contributed by atoms with Crippen molar-refractivity contribution in [2.75, 3.05) is 5.32 Å². The lowest BCUT2D eigenvalue weighted by Crippen LogP contribution is -2.50. The van der Waals surface area contributed by atoms with Crippen molar-refractivity contribution in [1.82, 2.24) is 15.3 Å². The molecule has 1 aromatic heterocycles. The van der Waals surface area contributed by atoms with Crippen LogP contribution in [0.2, 0.25) is 0 Å². The van der Waals surface area contributed by atoms with Gasteiger partial charge in [0.25, 0.3) is 11.8 Å². The Balaban J connectivity index is 1.05. The van der Waals surface area contributed by atoms with Gasteiger partial charge in [-0.1, -0.05) is 30.3 Å². The minimum absolute atomic E-state index is 0.0103. The third kappa shape index (κ3) is 4.18. The second-order valence-corrected chi connectivity index (χ2v) is 11.9. The molecule has 3 aliphatic rings. The summed E-state index contributed by atoms with van der Waals surface area (Å²) < 4.78 is 0. The smallest absolute Gasteiger partial charge is 0.255 e. The van der Waals surface area contributed by atoms with Crippen LogP contribution in [0.4, 0.5) is 5.69 Å². The molecular weight excluding hydrogens is 472 g/mol. The highest BCUT2D eigenvalue weighted by molar-refractivity contribution is 6.05. The second kappa shape index (κ2) is 8.83. The Morgan fingerprint density at radius 3 is 2.47 bits per heavy atom. The summed E-state index contributed by atoms with van der Waals surface area (Å²) in [4.78, 5) is 33.8. The average molecular weight is 505 g/mol. The minimum atomic E-state index is -0.152. The van der Waals surface area contributed by atoms with E-state index in [1.807, 2.05) is 60.7 Å². The first kappa shape index (κ1) is 23.2. The standard InChI is InChI=1S/C32H32N4O2/c1-32(17-19-13-23-15-24(18-32)26(23)14-19)36-31(38)22-9-7-20(8-10-22)29-34-27-12-11-25(16-28(27)35-29)33-30(37)21-5-3-2-4-6-21/h2-12,16,19,23-24,26H,13-15,17-18H2,1H3,(H,33,37)(H,34,35)(H,36,38)/t19-,23+,24-,26?,32?/m0/s1. The summed E-state index contributed by atoms with van der Waals surface area (Å²) in [6.45, 7) is 2.25. The van der Waals surface area contributed by atoms with Crippen molar-refractivity contribution in [2.45, 2.75) is 44.6 Å². The van der Waals surface area contributed by atoms with Gasteiger partial charge in [0.2, 0.25) is 0 Å². The highest BCUT2D eigenvalue weighted by Crippen LogP contribution is 2.60. The molecule has 1 heterocycles. The van der Waals surface area contributed by atoms with Gasteiger partial charge in [0.15, 0.2) is 0 Å². The molecule has 0 spiro atoms. The van der Waals surface area contributed by atoms with E-state index in [1.165, 1.54) is 19.3 Å². The van der Waals surface area contributed by atoms with Crippen LogP contribution < -0.4 is 10.6 Å². The van der Waals surface area contributed by atoms with Crippen LogP contribution in [0.5, 0.6) is 0 Å². The predicted molar refractivity (Wildman–Crippen MR) is 149 cm³/mol. The van der Waals surface area contributed by atoms with Crippen LogP contribution in [0.15, 0.2) is 72.8 Å². The number of benzene rings is 3. The topological polar surface area (TPSA) is 86.9 Å². The van der Waals surface area contributed by atoms with Gasteiger partial charge in [-0.05, 0) is 105 Å². The molecule has 2 bridgehead atoms. The fraction of sp³-hybridized carbons (Fsp3) is 0.344. The Morgan fingerprint density at radius 1 is 0.868 bits per heavy atom. The molecule has 4 aromatic rings. The number of aromatic amines is 1. The van der Waals surface area contributed by atoms with E-state index in [-0.39, 0.29) is 17.4 Å². The summed E-state index contributed by atoms with van der Waals surface area (Å²) in [6, 6.07) is 22.4. The summed E-state index contributed by atoms with van der Waals surface area (Å²) in [7, 11) is 0. The Bertz CT molecular complexity index is 1520. The molecular formula is C32H32N4O2. The van der Waals surface area contributed by atoms with Gasteiger partial charge in [0.05, 0.1) is 11.0 Å². The fourth-order valence-electron chi connectivity index (χ4n) is 7.44. The number of hydrogen-bond donors (Lipinski definition) is 3. The highest BCUT2D eigenvalue weighted by Gasteiger charge is 2.53. The van der Waals surface area contributed by atoms with Crippen LogP contribution >= 0.6 is 0 Å². The Morgan fingerprint density at radius 2 is 1.66 bits per heavy atom. The molecule has 0 radical (unpaired) electrons. The molecule has 3 N–H and O–H groups in total. The van der Waals surface area contributed by atoms with Crippen molar-refractivity contribution in [2.24, 2.45) is 23.7 Å². The van der Waals surface area contributed by atoms with E-state index in [4.69, 9.17) is 4.98 Å². The fourth-order valence-corrected chi connectivity index (χ4v) is 7.44. The number of H-pyrrole nitrogens is 1. The van der Waals surface area contributed by atoms with E-state index in [9.17, 15) is 9.59 Å². The molecule has 3 aliphatic carbocycles. The number of anilines is 1. The van der Waals surface area contributed by atoms with Crippen LogP contribution in [-0.4, -0.2) is 27.3 Å². The number of fused-ring (bicyclic) bond motifs is 2. The molecule has 6 heteroatoms. The zero-order chi connectivity index (χ0) is 25.9. The first-order chi connectivity index (χ1) is 18.4. The highest BCUT2D eigenvalue weighted by atomic mass is 16.2. The first-order valence-corrected chi connectivity index (χ1v) is 13.7.